The molecule has 5 nitrogen and oxygen atoms in total. The molecule has 0 spiro atoms. The molecule has 25 heavy (non-hydrogen) atoms. The summed E-state index contributed by atoms with van der Waals surface area (Å²) in [4.78, 5) is 25.9. The number of carbonyl (C=O) groups is 2. The summed E-state index contributed by atoms with van der Waals surface area (Å²) in [6.07, 6.45) is 0.405. The first-order valence-corrected chi connectivity index (χ1v) is 8.20. The van der Waals surface area contributed by atoms with Crippen LogP contribution in [-0.4, -0.2) is 23.8 Å². The van der Waals surface area contributed by atoms with Crippen LogP contribution >= 0.6 is 0 Å². The van der Waals surface area contributed by atoms with Crippen LogP contribution in [-0.2, 0) is 11.3 Å². The summed E-state index contributed by atoms with van der Waals surface area (Å²) in [7, 11) is 1.72. The van der Waals surface area contributed by atoms with Gasteiger partial charge in [-0.25, -0.2) is 0 Å². The third kappa shape index (κ3) is 3.71. The number of hydrogen-bond acceptors (Lipinski definition) is 3. The Hall–Kier alpha value is -3.08. The highest BCUT2D eigenvalue weighted by Gasteiger charge is 2.18. The minimum atomic E-state index is -0.201. The summed E-state index contributed by atoms with van der Waals surface area (Å²) in [5.74, 6) is 0.0466. The summed E-state index contributed by atoms with van der Waals surface area (Å²) < 4.78 is 5.64. The molecule has 1 N–H and O–H groups in total. The van der Waals surface area contributed by atoms with Crippen molar-refractivity contribution in [2.45, 2.75) is 19.9 Å². The highest BCUT2D eigenvalue weighted by Crippen LogP contribution is 2.22. The fourth-order valence-corrected chi connectivity index (χ4v) is 2.62. The van der Waals surface area contributed by atoms with Crippen molar-refractivity contribution in [1.29, 1.82) is 0 Å². The lowest BCUT2D eigenvalue weighted by Crippen LogP contribution is -2.26. The number of carbonyl (C=O) groups excluding carboxylic acids is 2. The Kier molecular flexibility index (Phi) is 4.84. The van der Waals surface area contributed by atoms with E-state index in [1.165, 1.54) is 0 Å². The summed E-state index contributed by atoms with van der Waals surface area (Å²) >= 11 is 0. The number of nitrogens with zero attached hydrogens (tertiary/aromatic N) is 1. The minimum Gasteiger partial charge on any atom is -0.451 e. The molecule has 1 heterocycles. The van der Waals surface area contributed by atoms with Gasteiger partial charge in [-0.2, -0.15) is 0 Å². The largest absolute Gasteiger partial charge is 0.451 e. The highest BCUT2D eigenvalue weighted by atomic mass is 16.3. The third-order valence-corrected chi connectivity index (χ3v) is 4.00. The number of nitrogens with one attached hydrogen (secondary N) is 1. The first-order chi connectivity index (χ1) is 12.1. The van der Waals surface area contributed by atoms with Crippen molar-refractivity contribution in [3.05, 3.63) is 65.9 Å². The van der Waals surface area contributed by atoms with E-state index in [9.17, 15) is 9.59 Å². The molecule has 0 fully saturated rings. The number of fused-ring (bicyclic) bond motifs is 1. The van der Waals surface area contributed by atoms with Crippen LogP contribution in [0.15, 0.2) is 59.0 Å². The zero-order valence-corrected chi connectivity index (χ0v) is 14.3. The normalized spacial score (nSPS) is 10.6. The average Bonchev–Trinajstić information content (AvgIpc) is 3.06. The van der Waals surface area contributed by atoms with Crippen LogP contribution in [0.5, 0.6) is 0 Å². The van der Waals surface area contributed by atoms with E-state index in [-0.39, 0.29) is 11.8 Å². The summed E-state index contributed by atoms with van der Waals surface area (Å²) in [5.41, 5.74) is 2.28. The first-order valence-electron chi connectivity index (χ1n) is 8.20. The molecule has 3 aromatic rings. The quantitative estimate of drug-likeness (QED) is 0.764. The molecule has 5 heteroatoms. The SMILES string of the molecule is CCC(=O)Nc1ccccc1CN(C)C(=O)c1cc2ccccc2o1. The monoisotopic (exact) mass is 336 g/mol. The number of amides is 2. The zero-order valence-electron chi connectivity index (χ0n) is 14.3. The van der Waals surface area contributed by atoms with E-state index in [0.717, 1.165) is 16.6 Å². The van der Waals surface area contributed by atoms with Gasteiger partial charge in [-0.15, -0.1) is 0 Å². The maximum atomic E-state index is 12.7. The number of para-hydroxylation sites is 2. The van der Waals surface area contributed by atoms with Crippen molar-refractivity contribution in [3.63, 3.8) is 0 Å². The Labute approximate surface area is 146 Å². The summed E-state index contributed by atoms with van der Waals surface area (Å²) in [6, 6.07) is 16.7. The molecule has 2 amide bonds. The lowest BCUT2D eigenvalue weighted by atomic mass is 10.1. The van der Waals surface area contributed by atoms with Crippen molar-refractivity contribution in [2.75, 3.05) is 12.4 Å². The molecular formula is C20H20N2O3. The van der Waals surface area contributed by atoms with Crippen LogP contribution in [0.3, 0.4) is 0 Å². The highest BCUT2D eigenvalue weighted by molar-refractivity contribution is 5.96. The topological polar surface area (TPSA) is 62.6 Å². The second-order valence-corrected chi connectivity index (χ2v) is 5.87. The Morgan fingerprint density at radius 2 is 1.80 bits per heavy atom. The molecule has 128 valence electrons. The van der Waals surface area contributed by atoms with Gasteiger partial charge in [0.2, 0.25) is 5.91 Å². The van der Waals surface area contributed by atoms with Gasteiger partial charge in [0.25, 0.3) is 5.91 Å². The molecule has 0 aliphatic heterocycles. The molecule has 0 aliphatic carbocycles. The summed E-state index contributed by atoms with van der Waals surface area (Å²) in [6.45, 7) is 2.17. The van der Waals surface area contributed by atoms with Gasteiger partial charge in [0.1, 0.15) is 5.58 Å². The van der Waals surface area contributed by atoms with E-state index in [2.05, 4.69) is 5.32 Å². The van der Waals surface area contributed by atoms with Gasteiger partial charge in [0, 0.05) is 31.1 Å². The van der Waals surface area contributed by atoms with Crippen LogP contribution in [0, 0.1) is 0 Å². The van der Waals surface area contributed by atoms with Gasteiger partial charge in [0.15, 0.2) is 5.76 Å². The molecule has 0 saturated carbocycles. The van der Waals surface area contributed by atoms with Gasteiger partial charge in [0.05, 0.1) is 0 Å². The van der Waals surface area contributed by atoms with Crippen LogP contribution in [0.4, 0.5) is 5.69 Å². The average molecular weight is 336 g/mol. The van der Waals surface area contributed by atoms with Crippen LogP contribution in [0.25, 0.3) is 11.0 Å². The smallest absolute Gasteiger partial charge is 0.289 e. The van der Waals surface area contributed by atoms with Gasteiger partial charge in [-0.3, -0.25) is 9.59 Å². The molecule has 0 atom stereocenters. The first kappa shape index (κ1) is 16.8. The number of benzene rings is 2. The van der Waals surface area contributed by atoms with Crippen LogP contribution in [0.2, 0.25) is 0 Å². The van der Waals surface area contributed by atoms with E-state index >= 15 is 0 Å². The van der Waals surface area contributed by atoms with Crippen molar-refractivity contribution in [1.82, 2.24) is 4.90 Å². The van der Waals surface area contributed by atoms with E-state index in [4.69, 9.17) is 4.42 Å². The van der Waals surface area contributed by atoms with E-state index in [1.807, 2.05) is 48.5 Å². The number of hydrogen-bond donors (Lipinski definition) is 1. The zero-order chi connectivity index (χ0) is 17.8. The molecule has 0 bridgehead atoms. The fourth-order valence-electron chi connectivity index (χ4n) is 2.62. The number of rotatable bonds is 5. The van der Waals surface area contributed by atoms with Crippen molar-refractivity contribution < 1.29 is 14.0 Å². The lowest BCUT2D eigenvalue weighted by molar-refractivity contribution is -0.115. The van der Waals surface area contributed by atoms with Gasteiger partial charge in [-0.05, 0) is 23.8 Å². The molecular weight excluding hydrogens is 316 g/mol. The fraction of sp³-hybridized carbons (Fsp3) is 0.200. The van der Waals surface area contributed by atoms with E-state index in [0.29, 0.717) is 24.3 Å². The molecule has 3 rings (SSSR count). The second kappa shape index (κ2) is 7.21. The van der Waals surface area contributed by atoms with Gasteiger partial charge in [-0.1, -0.05) is 43.3 Å². The Balaban J connectivity index is 1.78. The van der Waals surface area contributed by atoms with E-state index in [1.54, 1.807) is 24.9 Å². The number of furan rings is 1. The van der Waals surface area contributed by atoms with Crippen LogP contribution < -0.4 is 5.32 Å². The van der Waals surface area contributed by atoms with Crippen molar-refractivity contribution >= 4 is 28.5 Å². The maximum Gasteiger partial charge on any atom is 0.289 e. The minimum absolute atomic E-state index is 0.0567. The summed E-state index contributed by atoms with van der Waals surface area (Å²) in [5, 5.41) is 3.76. The van der Waals surface area contributed by atoms with E-state index < -0.39 is 0 Å². The third-order valence-electron chi connectivity index (χ3n) is 4.00. The molecule has 2 aromatic carbocycles. The van der Waals surface area contributed by atoms with Crippen molar-refractivity contribution in [3.8, 4) is 0 Å². The molecule has 0 saturated heterocycles. The predicted octanol–water partition coefficient (Wildman–Crippen LogP) is 4.05. The van der Waals surface area contributed by atoms with Crippen LogP contribution in [0.1, 0.15) is 29.5 Å². The Morgan fingerprint density at radius 3 is 2.56 bits per heavy atom. The Bertz CT molecular complexity index is 881. The molecule has 0 aliphatic rings. The second-order valence-electron chi connectivity index (χ2n) is 5.87. The molecule has 1 aromatic heterocycles. The van der Waals surface area contributed by atoms with Crippen molar-refractivity contribution in [2.24, 2.45) is 0 Å². The standard InChI is InChI=1S/C20H20N2O3/c1-3-19(23)21-16-10-6-4-9-15(16)13-22(2)20(24)18-12-14-8-5-7-11-17(14)25-18/h4-12H,3,13H2,1-2H3,(H,21,23). The van der Waals surface area contributed by atoms with Gasteiger partial charge >= 0.3 is 0 Å². The molecule has 0 unspecified atom stereocenters. The Morgan fingerprint density at radius 1 is 1.08 bits per heavy atom. The van der Waals surface area contributed by atoms with Gasteiger partial charge < -0.3 is 14.6 Å². The molecule has 0 radical (unpaired) electrons. The lowest BCUT2D eigenvalue weighted by Gasteiger charge is -2.18. The predicted molar refractivity (Wildman–Crippen MR) is 97.4 cm³/mol. The maximum absolute atomic E-state index is 12.7. The number of anilines is 1.